The molecule has 0 saturated carbocycles. The average molecular weight is 246 g/mol. The monoisotopic (exact) mass is 245 g/mol. The van der Waals surface area contributed by atoms with Gasteiger partial charge in [0.1, 0.15) is 0 Å². The van der Waals surface area contributed by atoms with E-state index in [9.17, 15) is 4.79 Å². The first-order valence-electron chi connectivity index (χ1n) is 4.41. The number of rotatable bonds is 4. The minimum Gasteiger partial charge on any atom is -0.481 e. The average Bonchev–Trinajstić information content (AvgIpc) is 2.15. The van der Waals surface area contributed by atoms with Crippen LogP contribution in [0.15, 0.2) is 23.1 Å². The second kappa shape index (κ2) is 5.28. The number of nitrogen functional groups attached to an aromatic ring is 1. The first-order valence-corrected chi connectivity index (χ1v) is 5.77. The quantitative estimate of drug-likeness (QED) is 0.633. The zero-order valence-electron chi connectivity index (χ0n) is 8.24. The fourth-order valence-corrected chi connectivity index (χ4v) is 2.21. The second-order valence-electron chi connectivity index (χ2n) is 3.24. The van der Waals surface area contributed by atoms with Crippen molar-refractivity contribution >= 4 is 35.0 Å². The first-order chi connectivity index (χ1) is 7.00. The summed E-state index contributed by atoms with van der Waals surface area (Å²) in [6.45, 7) is 1.67. The molecule has 0 aliphatic carbocycles. The summed E-state index contributed by atoms with van der Waals surface area (Å²) in [7, 11) is 0. The molecule has 0 bridgehead atoms. The van der Waals surface area contributed by atoms with Crippen LogP contribution in [0.25, 0.3) is 0 Å². The van der Waals surface area contributed by atoms with E-state index >= 15 is 0 Å². The van der Waals surface area contributed by atoms with Gasteiger partial charge in [0.25, 0.3) is 0 Å². The van der Waals surface area contributed by atoms with Gasteiger partial charge in [0.15, 0.2) is 0 Å². The van der Waals surface area contributed by atoms with Crippen LogP contribution >= 0.6 is 23.4 Å². The summed E-state index contributed by atoms with van der Waals surface area (Å²) in [5.41, 5.74) is 6.15. The second-order valence-corrected chi connectivity index (χ2v) is 4.71. The molecular formula is C10H12ClNO2S. The molecule has 0 aromatic heterocycles. The van der Waals surface area contributed by atoms with E-state index in [4.69, 9.17) is 22.4 Å². The lowest BCUT2D eigenvalue weighted by Gasteiger charge is -2.07. The van der Waals surface area contributed by atoms with Crippen molar-refractivity contribution < 1.29 is 9.90 Å². The van der Waals surface area contributed by atoms with Crippen molar-refractivity contribution in [3.05, 3.63) is 23.2 Å². The molecule has 0 saturated heterocycles. The smallest absolute Gasteiger partial charge is 0.307 e. The lowest BCUT2D eigenvalue weighted by atomic mass is 10.2. The maximum atomic E-state index is 10.6. The van der Waals surface area contributed by atoms with Gasteiger partial charge in [-0.05, 0) is 18.2 Å². The van der Waals surface area contributed by atoms with Crippen LogP contribution in [-0.4, -0.2) is 16.8 Å². The molecule has 0 heterocycles. The van der Waals surface area contributed by atoms with Gasteiger partial charge >= 0.3 is 5.97 Å². The minimum atomic E-state index is -0.797. The summed E-state index contributed by atoms with van der Waals surface area (Å²) in [5.74, 6) is -0.684. The Balaban J connectivity index is 2.62. The largest absolute Gasteiger partial charge is 0.481 e. The van der Waals surface area contributed by atoms with E-state index in [0.717, 1.165) is 4.90 Å². The van der Waals surface area contributed by atoms with Gasteiger partial charge in [0.2, 0.25) is 0 Å². The Morgan fingerprint density at radius 1 is 1.67 bits per heavy atom. The molecule has 1 unspecified atom stereocenters. The van der Waals surface area contributed by atoms with Crippen molar-refractivity contribution in [2.24, 2.45) is 5.92 Å². The van der Waals surface area contributed by atoms with Gasteiger partial charge in [-0.25, -0.2) is 0 Å². The normalized spacial score (nSPS) is 12.4. The number of aliphatic carboxylic acids is 1. The van der Waals surface area contributed by atoms with Gasteiger partial charge in [0, 0.05) is 16.3 Å². The van der Waals surface area contributed by atoms with Gasteiger partial charge in [-0.1, -0.05) is 18.5 Å². The van der Waals surface area contributed by atoms with E-state index < -0.39 is 5.97 Å². The van der Waals surface area contributed by atoms with Gasteiger partial charge in [-0.2, -0.15) is 0 Å². The third kappa shape index (κ3) is 3.64. The molecule has 0 fully saturated rings. The molecule has 0 aliphatic heterocycles. The third-order valence-electron chi connectivity index (χ3n) is 1.87. The molecule has 82 valence electrons. The summed E-state index contributed by atoms with van der Waals surface area (Å²) < 4.78 is 0. The van der Waals surface area contributed by atoms with E-state index in [1.807, 2.05) is 0 Å². The molecule has 5 heteroatoms. The number of carboxylic acid groups (broad SMARTS) is 1. The molecule has 3 N–H and O–H groups in total. The molecule has 0 aliphatic rings. The maximum absolute atomic E-state index is 10.6. The summed E-state index contributed by atoms with van der Waals surface area (Å²) >= 11 is 7.37. The summed E-state index contributed by atoms with van der Waals surface area (Å²) in [4.78, 5) is 11.5. The predicted octanol–water partition coefficient (Wildman–Crippen LogP) is 2.74. The number of nitrogens with two attached hydrogens (primary N) is 1. The standard InChI is InChI=1S/C10H12ClNO2S/c1-6(10(13)14)5-15-9-3-2-7(12)4-8(9)11/h2-4,6H,5,12H2,1H3,(H,13,14). The SMILES string of the molecule is CC(CSc1ccc(N)cc1Cl)C(=O)O. The van der Waals surface area contributed by atoms with Crippen molar-refractivity contribution in [1.29, 1.82) is 0 Å². The first kappa shape index (κ1) is 12.2. The molecule has 1 aromatic rings. The minimum absolute atomic E-state index is 0.386. The van der Waals surface area contributed by atoms with E-state index in [-0.39, 0.29) is 5.92 Å². The Hall–Kier alpha value is -0.870. The van der Waals surface area contributed by atoms with Gasteiger partial charge in [0.05, 0.1) is 10.9 Å². The number of anilines is 1. The Bertz CT molecular complexity index is 370. The zero-order chi connectivity index (χ0) is 11.4. The van der Waals surface area contributed by atoms with Crippen molar-refractivity contribution in [2.45, 2.75) is 11.8 Å². The molecule has 0 spiro atoms. The van der Waals surface area contributed by atoms with E-state index in [0.29, 0.717) is 16.5 Å². The van der Waals surface area contributed by atoms with Crippen molar-refractivity contribution in [1.82, 2.24) is 0 Å². The van der Waals surface area contributed by atoms with Crippen LogP contribution in [0.5, 0.6) is 0 Å². The topological polar surface area (TPSA) is 63.3 Å². The Morgan fingerprint density at radius 2 is 2.33 bits per heavy atom. The zero-order valence-corrected chi connectivity index (χ0v) is 9.81. The Labute approximate surface area is 97.6 Å². The van der Waals surface area contributed by atoms with Gasteiger partial charge < -0.3 is 10.8 Å². The molecule has 3 nitrogen and oxygen atoms in total. The molecule has 0 amide bonds. The summed E-state index contributed by atoms with van der Waals surface area (Å²) in [6.07, 6.45) is 0. The van der Waals surface area contributed by atoms with E-state index in [1.165, 1.54) is 11.8 Å². The van der Waals surface area contributed by atoms with Crippen LogP contribution in [0.1, 0.15) is 6.92 Å². The van der Waals surface area contributed by atoms with Crippen molar-refractivity contribution in [2.75, 3.05) is 11.5 Å². The Morgan fingerprint density at radius 3 is 2.87 bits per heavy atom. The Kier molecular flexibility index (Phi) is 4.29. The van der Waals surface area contributed by atoms with Crippen LogP contribution < -0.4 is 5.73 Å². The lowest BCUT2D eigenvalue weighted by Crippen LogP contribution is -2.11. The van der Waals surface area contributed by atoms with Crippen molar-refractivity contribution in [3.8, 4) is 0 Å². The highest BCUT2D eigenvalue weighted by atomic mass is 35.5. The van der Waals surface area contributed by atoms with Crippen LogP contribution in [0.3, 0.4) is 0 Å². The molecule has 15 heavy (non-hydrogen) atoms. The van der Waals surface area contributed by atoms with Crippen LogP contribution in [0.2, 0.25) is 5.02 Å². The number of thioether (sulfide) groups is 1. The summed E-state index contributed by atoms with van der Waals surface area (Å²) in [6, 6.07) is 5.21. The van der Waals surface area contributed by atoms with Crippen LogP contribution in [-0.2, 0) is 4.79 Å². The lowest BCUT2D eigenvalue weighted by molar-refractivity contribution is -0.140. The number of carbonyl (C=O) groups is 1. The van der Waals surface area contributed by atoms with E-state index in [2.05, 4.69) is 0 Å². The fraction of sp³-hybridized carbons (Fsp3) is 0.300. The highest BCUT2D eigenvalue weighted by Gasteiger charge is 2.12. The molecule has 1 rings (SSSR count). The molecule has 1 aromatic carbocycles. The van der Waals surface area contributed by atoms with E-state index in [1.54, 1.807) is 25.1 Å². The number of benzene rings is 1. The van der Waals surface area contributed by atoms with Crippen LogP contribution in [0.4, 0.5) is 5.69 Å². The van der Waals surface area contributed by atoms with Gasteiger partial charge in [-0.15, -0.1) is 11.8 Å². The summed E-state index contributed by atoms with van der Waals surface area (Å²) in [5, 5.41) is 9.27. The van der Waals surface area contributed by atoms with Gasteiger partial charge in [-0.3, -0.25) is 4.79 Å². The molecule has 1 atom stereocenters. The number of halogens is 1. The van der Waals surface area contributed by atoms with Crippen LogP contribution in [0, 0.1) is 5.92 Å². The predicted molar refractivity (Wildman–Crippen MR) is 63.4 cm³/mol. The highest BCUT2D eigenvalue weighted by molar-refractivity contribution is 7.99. The third-order valence-corrected chi connectivity index (χ3v) is 3.62. The molecular weight excluding hydrogens is 234 g/mol. The number of carboxylic acids is 1. The number of hydrogen-bond acceptors (Lipinski definition) is 3. The van der Waals surface area contributed by atoms with Crippen molar-refractivity contribution in [3.63, 3.8) is 0 Å². The highest BCUT2D eigenvalue weighted by Crippen LogP contribution is 2.29. The number of hydrogen-bond donors (Lipinski definition) is 2. The maximum Gasteiger partial charge on any atom is 0.307 e. The fourth-order valence-electron chi connectivity index (χ4n) is 0.920. The molecule has 0 radical (unpaired) electrons.